The lowest BCUT2D eigenvalue weighted by Crippen LogP contribution is -2.23. The number of aromatic nitrogens is 1. The van der Waals surface area contributed by atoms with Crippen molar-refractivity contribution in [2.75, 3.05) is 0 Å². The van der Waals surface area contributed by atoms with Gasteiger partial charge in [0.25, 0.3) is 0 Å². The second-order valence-electron chi connectivity index (χ2n) is 5.09. The molecule has 0 aliphatic carbocycles. The van der Waals surface area contributed by atoms with Crippen molar-refractivity contribution in [1.82, 2.24) is 4.57 Å². The zero-order chi connectivity index (χ0) is 15.1. The number of nitrogens with zero attached hydrogens (tertiary/aromatic N) is 2. The molecule has 0 N–H and O–H groups in total. The molecule has 1 aromatic heterocycles. The molecule has 0 spiro atoms. The van der Waals surface area contributed by atoms with Crippen LogP contribution in [0.1, 0.15) is 28.9 Å². The summed E-state index contributed by atoms with van der Waals surface area (Å²) in [4.78, 5) is 33.8. The van der Waals surface area contributed by atoms with Crippen LogP contribution in [0.2, 0.25) is 0 Å². The molecule has 1 aliphatic heterocycles. The molecule has 1 aliphatic rings. The minimum absolute atomic E-state index is 0.0839. The maximum absolute atomic E-state index is 12.0. The number of halogens is 1. The molecule has 2 heterocycles. The first-order chi connectivity index (χ1) is 10.0. The van der Waals surface area contributed by atoms with E-state index in [-0.39, 0.29) is 11.6 Å². The molecular weight excluding hydrogens is 336 g/mol. The first-order valence-electron chi connectivity index (χ1n) is 6.44. The molecule has 106 valence electrons. The highest BCUT2D eigenvalue weighted by atomic mass is 79.9. The number of nitroso groups, excluding NO2 is 1. The van der Waals surface area contributed by atoms with Crippen LogP contribution >= 0.6 is 15.9 Å². The maximum atomic E-state index is 12.0. The van der Waals surface area contributed by atoms with E-state index in [1.54, 1.807) is 0 Å². The van der Waals surface area contributed by atoms with Gasteiger partial charge in [-0.05, 0) is 31.0 Å². The Hall–Kier alpha value is -2.08. The van der Waals surface area contributed by atoms with Crippen molar-refractivity contribution < 1.29 is 4.79 Å². The molecular formula is C15H11BrN2O3. The van der Waals surface area contributed by atoms with Crippen molar-refractivity contribution in [3.8, 4) is 11.3 Å². The van der Waals surface area contributed by atoms with Crippen molar-refractivity contribution in [1.29, 1.82) is 0 Å². The van der Waals surface area contributed by atoms with Crippen LogP contribution in [-0.2, 0) is 6.42 Å². The number of rotatable bonds is 1. The van der Waals surface area contributed by atoms with E-state index < -0.39 is 11.3 Å². The smallest absolute Gasteiger partial charge is 0.322 e. The normalized spacial score (nSPS) is 16.0. The van der Waals surface area contributed by atoms with Gasteiger partial charge in [-0.3, -0.25) is 9.59 Å². The van der Waals surface area contributed by atoms with Crippen LogP contribution in [0.5, 0.6) is 0 Å². The average Bonchev–Trinajstić information content (AvgIpc) is 2.45. The Balaban J connectivity index is 2.27. The summed E-state index contributed by atoms with van der Waals surface area (Å²) in [5.74, 6) is -1.02. The third kappa shape index (κ3) is 2.25. The number of carbonyl (C=O) groups excluding carboxylic acids is 1. The monoisotopic (exact) mass is 346 g/mol. The fourth-order valence-electron chi connectivity index (χ4n) is 2.74. The van der Waals surface area contributed by atoms with Gasteiger partial charge in [0, 0.05) is 33.5 Å². The highest BCUT2D eigenvalue weighted by Crippen LogP contribution is 2.35. The summed E-state index contributed by atoms with van der Waals surface area (Å²) in [6.07, 6.45) is 2.23. The van der Waals surface area contributed by atoms with Crippen LogP contribution < -0.4 is 5.43 Å². The lowest BCUT2D eigenvalue weighted by atomic mass is 9.93. The average molecular weight is 347 g/mol. The standard InChI is InChI=1S/C15H11BrN2O3/c1-8-4-9-5-10(16)2-3-11(9)13-6-14(19)12(7-18(8)13)15(20)17-21/h2-3,5-8H,4H2,1H3. The predicted octanol–water partition coefficient (Wildman–Crippen LogP) is 3.30. The Morgan fingerprint density at radius 2 is 2.14 bits per heavy atom. The predicted molar refractivity (Wildman–Crippen MR) is 82.4 cm³/mol. The Morgan fingerprint density at radius 1 is 1.38 bits per heavy atom. The van der Waals surface area contributed by atoms with Crippen LogP contribution in [0.15, 0.2) is 44.9 Å². The number of hydrogen-bond donors (Lipinski definition) is 0. The van der Waals surface area contributed by atoms with Crippen molar-refractivity contribution >= 4 is 21.8 Å². The molecule has 1 amide bonds. The molecule has 0 radical (unpaired) electrons. The maximum Gasteiger partial charge on any atom is 0.322 e. The van der Waals surface area contributed by atoms with E-state index in [4.69, 9.17) is 0 Å². The number of fused-ring (bicyclic) bond motifs is 3. The summed E-state index contributed by atoms with van der Waals surface area (Å²) in [5.41, 5.74) is 2.20. The lowest BCUT2D eigenvalue weighted by Gasteiger charge is -2.28. The van der Waals surface area contributed by atoms with E-state index in [1.165, 1.54) is 12.3 Å². The largest absolute Gasteiger partial charge is 0.343 e. The van der Waals surface area contributed by atoms with E-state index in [0.29, 0.717) is 0 Å². The van der Waals surface area contributed by atoms with E-state index in [2.05, 4.69) is 21.1 Å². The third-order valence-corrected chi connectivity index (χ3v) is 4.22. The lowest BCUT2D eigenvalue weighted by molar-refractivity contribution is 0.0999. The van der Waals surface area contributed by atoms with Crippen molar-refractivity contribution in [3.63, 3.8) is 0 Å². The summed E-state index contributed by atoms with van der Waals surface area (Å²) in [6, 6.07) is 7.37. The Morgan fingerprint density at radius 3 is 2.86 bits per heavy atom. The second-order valence-corrected chi connectivity index (χ2v) is 6.01. The third-order valence-electron chi connectivity index (χ3n) is 3.73. The number of pyridine rings is 1. The fourth-order valence-corrected chi connectivity index (χ4v) is 3.15. The number of carbonyl (C=O) groups is 1. The van der Waals surface area contributed by atoms with Crippen LogP contribution in [0.3, 0.4) is 0 Å². The molecule has 1 unspecified atom stereocenters. The number of hydrogen-bond acceptors (Lipinski definition) is 3. The molecule has 0 saturated carbocycles. The highest BCUT2D eigenvalue weighted by Gasteiger charge is 2.23. The summed E-state index contributed by atoms with van der Waals surface area (Å²) < 4.78 is 2.84. The fraction of sp³-hybridized carbons (Fsp3) is 0.200. The molecule has 0 fully saturated rings. The van der Waals surface area contributed by atoms with Gasteiger partial charge in [-0.25, -0.2) is 0 Å². The number of amides is 1. The molecule has 2 aromatic rings. The van der Waals surface area contributed by atoms with Gasteiger partial charge in [-0.15, -0.1) is 4.91 Å². The Kier molecular flexibility index (Phi) is 3.33. The molecule has 1 aromatic carbocycles. The summed E-state index contributed by atoms with van der Waals surface area (Å²) >= 11 is 3.44. The SMILES string of the molecule is CC1Cc2cc(Br)ccc2-c2cc(=O)c(C(=O)N=O)cn21. The Labute approximate surface area is 128 Å². The second kappa shape index (κ2) is 5.04. The zero-order valence-electron chi connectivity index (χ0n) is 11.2. The van der Waals surface area contributed by atoms with Crippen LogP contribution in [0.4, 0.5) is 0 Å². The molecule has 1 atom stereocenters. The van der Waals surface area contributed by atoms with Gasteiger partial charge in [-0.2, -0.15) is 0 Å². The minimum Gasteiger partial charge on any atom is -0.343 e. The first-order valence-corrected chi connectivity index (χ1v) is 7.23. The van der Waals surface area contributed by atoms with Crippen molar-refractivity contribution in [2.24, 2.45) is 5.18 Å². The van der Waals surface area contributed by atoms with Crippen LogP contribution in [-0.4, -0.2) is 10.5 Å². The summed E-state index contributed by atoms with van der Waals surface area (Å²) in [7, 11) is 0. The molecule has 0 bridgehead atoms. The molecule has 6 heteroatoms. The minimum atomic E-state index is -1.02. The van der Waals surface area contributed by atoms with E-state index in [0.717, 1.165) is 27.7 Å². The molecule has 0 saturated heterocycles. The summed E-state index contributed by atoms with van der Waals surface area (Å²) in [6.45, 7) is 2.00. The topological polar surface area (TPSA) is 68.5 Å². The van der Waals surface area contributed by atoms with E-state index in [9.17, 15) is 14.5 Å². The molecule has 21 heavy (non-hydrogen) atoms. The highest BCUT2D eigenvalue weighted by molar-refractivity contribution is 9.10. The van der Waals surface area contributed by atoms with Gasteiger partial charge in [0.2, 0.25) is 0 Å². The molecule has 3 rings (SSSR count). The molecule has 5 nitrogen and oxygen atoms in total. The van der Waals surface area contributed by atoms with E-state index >= 15 is 0 Å². The van der Waals surface area contributed by atoms with Gasteiger partial charge >= 0.3 is 5.91 Å². The van der Waals surface area contributed by atoms with Crippen LogP contribution in [0, 0.1) is 4.91 Å². The summed E-state index contributed by atoms with van der Waals surface area (Å²) in [5, 5.41) is 2.34. The van der Waals surface area contributed by atoms with Crippen molar-refractivity contribution in [2.45, 2.75) is 19.4 Å². The van der Waals surface area contributed by atoms with Gasteiger partial charge in [0.1, 0.15) is 5.56 Å². The van der Waals surface area contributed by atoms with E-state index in [1.807, 2.05) is 29.7 Å². The van der Waals surface area contributed by atoms with Crippen LogP contribution in [0.25, 0.3) is 11.3 Å². The number of benzene rings is 1. The quantitative estimate of drug-likeness (QED) is 0.744. The zero-order valence-corrected chi connectivity index (χ0v) is 12.8. The van der Waals surface area contributed by atoms with Gasteiger partial charge in [-0.1, -0.05) is 22.0 Å². The van der Waals surface area contributed by atoms with Gasteiger partial charge < -0.3 is 4.57 Å². The first kappa shape index (κ1) is 13.9. The Bertz CT molecular complexity index is 826. The van der Waals surface area contributed by atoms with Gasteiger partial charge in [0.15, 0.2) is 5.43 Å². The van der Waals surface area contributed by atoms with Crippen molar-refractivity contribution in [3.05, 3.63) is 61.2 Å². The van der Waals surface area contributed by atoms with Gasteiger partial charge in [0.05, 0.1) is 5.69 Å².